The lowest BCUT2D eigenvalue weighted by Gasteiger charge is -2.32. The van der Waals surface area contributed by atoms with Crippen LogP contribution in [0.25, 0.3) is 0 Å². The molecule has 0 bridgehead atoms. The van der Waals surface area contributed by atoms with Gasteiger partial charge < -0.3 is 0 Å². The molecule has 0 saturated heterocycles. The Morgan fingerprint density at radius 3 is 1.69 bits per heavy atom. The summed E-state index contributed by atoms with van der Waals surface area (Å²) in [5.74, 6) is 0. The van der Waals surface area contributed by atoms with Gasteiger partial charge in [-0.15, -0.1) is 0 Å². The van der Waals surface area contributed by atoms with Crippen LogP contribution in [0, 0.1) is 10.8 Å². The molecule has 0 aliphatic rings. The van der Waals surface area contributed by atoms with Crippen LogP contribution in [0.5, 0.6) is 0 Å². The largest absolute Gasteiger partial charge is 0.0685 e. The second-order valence-electron chi connectivity index (χ2n) is 6.84. The van der Waals surface area contributed by atoms with Crippen molar-refractivity contribution < 1.29 is 0 Å². The average Bonchev–Trinajstić information content (AvgIpc) is 2.14. The van der Waals surface area contributed by atoms with Crippen molar-refractivity contribution in [3.8, 4) is 0 Å². The zero-order valence-corrected chi connectivity index (χ0v) is 12.8. The third-order valence-electron chi connectivity index (χ3n) is 4.11. The molecule has 0 unspecified atom stereocenters. The minimum absolute atomic E-state index is 0.312. The molecule has 16 heavy (non-hydrogen) atoms. The first-order valence-corrected chi connectivity index (χ1v) is 6.81. The van der Waals surface area contributed by atoms with Crippen molar-refractivity contribution >= 4 is 0 Å². The molecule has 0 aromatic rings. The predicted octanol–water partition coefficient (Wildman–Crippen LogP) is 5.98. The summed E-state index contributed by atoms with van der Waals surface area (Å²) in [6.45, 7) is 18.6. The molecule has 0 heteroatoms. The smallest absolute Gasteiger partial charge is 0.0145 e. The minimum atomic E-state index is 0.312. The molecule has 0 N–H and O–H groups in total. The van der Waals surface area contributed by atoms with E-state index < -0.39 is 0 Å². The topological polar surface area (TPSA) is 0 Å². The van der Waals surface area contributed by atoms with E-state index in [0.717, 1.165) is 0 Å². The van der Waals surface area contributed by atoms with Crippen molar-refractivity contribution in [2.24, 2.45) is 10.8 Å². The van der Waals surface area contributed by atoms with Gasteiger partial charge in [0.1, 0.15) is 0 Å². The van der Waals surface area contributed by atoms with E-state index in [1.165, 1.54) is 25.7 Å². The van der Waals surface area contributed by atoms with Crippen LogP contribution in [0.3, 0.4) is 0 Å². The number of rotatable bonds is 5. The van der Waals surface area contributed by atoms with Crippen LogP contribution < -0.4 is 0 Å². The maximum atomic E-state index is 2.40. The summed E-state index contributed by atoms with van der Waals surface area (Å²) >= 11 is 0. The molecular formula is C16H32. The second-order valence-corrected chi connectivity index (χ2v) is 6.84. The van der Waals surface area contributed by atoms with Gasteiger partial charge in [0.15, 0.2) is 0 Å². The molecule has 96 valence electrons. The van der Waals surface area contributed by atoms with Gasteiger partial charge in [-0.2, -0.15) is 0 Å². The quantitative estimate of drug-likeness (QED) is 0.398. The van der Waals surface area contributed by atoms with Crippen LogP contribution in [0.4, 0.5) is 0 Å². The Morgan fingerprint density at radius 1 is 0.812 bits per heavy atom. The zero-order valence-electron chi connectivity index (χ0n) is 12.8. The summed E-state index contributed by atoms with van der Waals surface area (Å²) in [6, 6.07) is 0. The molecule has 0 nitrogen and oxygen atoms in total. The molecule has 0 atom stereocenters. The lowest BCUT2D eigenvalue weighted by molar-refractivity contribution is 0.369. The van der Waals surface area contributed by atoms with Crippen LogP contribution in [0.2, 0.25) is 0 Å². The Bertz CT molecular complexity index is 235. The molecule has 0 spiro atoms. The molecule has 0 radical (unpaired) electrons. The summed E-state index contributed by atoms with van der Waals surface area (Å²) in [7, 11) is 0. The Labute approximate surface area is 104 Å². The Morgan fingerprint density at radius 2 is 1.31 bits per heavy atom. The van der Waals surface area contributed by atoms with E-state index in [-0.39, 0.29) is 0 Å². The van der Waals surface area contributed by atoms with E-state index in [0.29, 0.717) is 10.8 Å². The number of hydrogen-bond donors (Lipinski definition) is 0. The van der Waals surface area contributed by atoms with Gasteiger partial charge in [0, 0.05) is 0 Å². The highest BCUT2D eigenvalue weighted by Gasteiger charge is 2.25. The molecule has 0 amide bonds. The van der Waals surface area contributed by atoms with Crippen LogP contribution in [0.15, 0.2) is 11.1 Å². The Hall–Kier alpha value is -0.260. The first-order chi connectivity index (χ1) is 7.13. The Kier molecular flexibility index (Phi) is 5.79. The van der Waals surface area contributed by atoms with Crippen molar-refractivity contribution in [2.45, 2.75) is 81.1 Å². The van der Waals surface area contributed by atoms with Gasteiger partial charge in [0.2, 0.25) is 0 Å². The van der Waals surface area contributed by atoms with Crippen molar-refractivity contribution in [3.05, 3.63) is 11.1 Å². The Balaban J connectivity index is 4.74. The number of hydrogen-bond acceptors (Lipinski definition) is 0. The summed E-state index contributed by atoms with van der Waals surface area (Å²) in [6.07, 6.45) is 5.36. The highest BCUT2D eigenvalue weighted by molar-refractivity contribution is 5.21. The van der Waals surface area contributed by atoms with Gasteiger partial charge in [-0.1, -0.05) is 72.0 Å². The fourth-order valence-corrected chi connectivity index (χ4v) is 2.07. The summed E-state index contributed by atoms with van der Waals surface area (Å²) in [5, 5.41) is 0. The normalized spacial score (nSPS) is 15.0. The van der Waals surface area contributed by atoms with Crippen molar-refractivity contribution in [2.75, 3.05) is 0 Å². The first kappa shape index (κ1) is 15.7. The molecule has 0 aliphatic heterocycles. The van der Waals surface area contributed by atoms with Crippen LogP contribution in [-0.4, -0.2) is 0 Å². The molecule has 0 aromatic carbocycles. The fourth-order valence-electron chi connectivity index (χ4n) is 2.07. The van der Waals surface area contributed by atoms with Gasteiger partial charge >= 0.3 is 0 Å². The van der Waals surface area contributed by atoms with E-state index in [4.69, 9.17) is 0 Å². The predicted molar refractivity (Wildman–Crippen MR) is 75.8 cm³/mol. The van der Waals surface area contributed by atoms with Crippen molar-refractivity contribution in [1.29, 1.82) is 0 Å². The van der Waals surface area contributed by atoms with E-state index in [9.17, 15) is 0 Å². The fraction of sp³-hybridized carbons (Fsp3) is 0.875. The maximum absolute atomic E-state index is 2.40. The molecule has 0 aromatic heterocycles. The van der Waals surface area contributed by atoms with Crippen LogP contribution in [0.1, 0.15) is 81.1 Å². The molecule has 0 saturated carbocycles. The molecular weight excluding hydrogens is 192 g/mol. The highest BCUT2D eigenvalue weighted by Crippen LogP contribution is 2.39. The van der Waals surface area contributed by atoms with E-state index in [1.54, 1.807) is 11.1 Å². The molecule has 0 rings (SSSR count). The zero-order chi connectivity index (χ0) is 13.0. The highest BCUT2D eigenvalue weighted by atomic mass is 14.3. The van der Waals surface area contributed by atoms with Gasteiger partial charge in [-0.25, -0.2) is 0 Å². The monoisotopic (exact) mass is 224 g/mol. The molecule has 0 aliphatic carbocycles. The standard InChI is InChI=1S/C16H32/c1-9-10-11-12-16(7,8)14(3)13(2)15(4,5)6/h9-12H2,1-8H3. The summed E-state index contributed by atoms with van der Waals surface area (Å²) < 4.78 is 0. The van der Waals surface area contributed by atoms with Gasteiger partial charge in [-0.3, -0.25) is 0 Å². The van der Waals surface area contributed by atoms with Crippen LogP contribution >= 0.6 is 0 Å². The van der Waals surface area contributed by atoms with E-state index in [2.05, 4.69) is 55.4 Å². The number of unbranched alkanes of at least 4 members (excludes halogenated alkanes) is 2. The minimum Gasteiger partial charge on any atom is -0.0685 e. The van der Waals surface area contributed by atoms with E-state index >= 15 is 0 Å². The van der Waals surface area contributed by atoms with Crippen LogP contribution in [-0.2, 0) is 0 Å². The molecule has 0 fully saturated rings. The van der Waals surface area contributed by atoms with Gasteiger partial charge in [0.25, 0.3) is 0 Å². The van der Waals surface area contributed by atoms with Gasteiger partial charge in [-0.05, 0) is 31.1 Å². The van der Waals surface area contributed by atoms with E-state index in [1.807, 2.05) is 0 Å². The average molecular weight is 224 g/mol. The number of allylic oxidation sites excluding steroid dienone is 2. The maximum Gasteiger partial charge on any atom is -0.0145 e. The summed E-state index contributed by atoms with van der Waals surface area (Å²) in [5.41, 5.74) is 3.84. The lowest BCUT2D eigenvalue weighted by Crippen LogP contribution is -2.19. The van der Waals surface area contributed by atoms with Crippen molar-refractivity contribution in [3.63, 3.8) is 0 Å². The first-order valence-electron chi connectivity index (χ1n) is 6.81. The third kappa shape index (κ3) is 4.72. The molecule has 0 heterocycles. The van der Waals surface area contributed by atoms with Gasteiger partial charge in [0.05, 0.1) is 0 Å². The SMILES string of the molecule is CCCCCC(C)(C)C(C)=C(C)C(C)(C)C. The third-order valence-corrected chi connectivity index (χ3v) is 4.11. The lowest BCUT2D eigenvalue weighted by atomic mass is 9.73. The van der Waals surface area contributed by atoms with Crippen molar-refractivity contribution in [1.82, 2.24) is 0 Å². The summed E-state index contributed by atoms with van der Waals surface area (Å²) in [4.78, 5) is 0. The second kappa shape index (κ2) is 5.89.